The van der Waals surface area contributed by atoms with E-state index in [9.17, 15) is 0 Å². The van der Waals surface area contributed by atoms with Crippen LogP contribution >= 0.6 is 0 Å². The largest absolute Gasteiger partial charge is 0.310 e. The first kappa shape index (κ1) is 28.9. The molecular formula is C50H32N2. The Morgan fingerprint density at radius 1 is 0.327 bits per heavy atom. The average Bonchev–Trinajstić information content (AvgIpc) is 3.55. The molecule has 0 atom stereocenters. The third kappa shape index (κ3) is 4.38. The van der Waals surface area contributed by atoms with Crippen molar-refractivity contribution in [1.29, 1.82) is 0 Å². The van der Waals surface area contributed by atoms with Gasteiger partial charge in [0.2, 0.25) is 0 Å². The van der Waals surface area contributed by atoms with Gasteiger partial charge in [0.1, 0.15) is 0 Å². The first-order valence-electron chi connectivity index (χ1n) is 17.9. The van der Waals surface area contributed by atoms with Crippen molar-refractivity contribution in [2.75, 3.05) is 4.90 Å². The minimum atomic E-state index is 1.13. The summed E-state index contributed by atoms with van der Waals surface area (Å²) < 4.78 is 2.40. The van der Waals surface area contributed by atoms with Crippen molar-refractivity contribution in [2.24, 2.45) is 0 Å². The molecule has 0 radical (unpaired) electrons. The van der Waals surface area contributed by atoms with Crippen molar-refractivity contribution in [3.8, 4) is 39.1 Å². The van der Waals surface area contributed by atoms with E-state index < -0.39 is 0 Å². The van der Waals surface area contributed by atoms with Crippen LogP contribution < -0.4 is 4.90 Å². The number of para-hydroxylation sites is 4. The molecule has 1 aromatic heterocycles. The minimum absolute atomic E-state index is 1.13. The van der Waals surface area contributed by atoms with E-state index in [1.807, 2.05) is 0 Å². The van der Waals surface area contributed by atoms with Gasteiger partial charge in [0.25, 0.3) is 0 Å². The maximum Gasteiger partial charge on any atom is 0.0541 e. The number of benzene rings is 9. The number of hydrogen-bond donors (Lipinski definition) is 0. The fourth-order valence-corrected chi connectivity index (χ4v) is 8.41. The van der Waals surface area contributed by atoms with E-state index in [1.165, 1.54) is 82.4 Å². The lowest BCUT2D eigenvalue weighted by Gasteiger charge is -2.29. The van der Waals surface area contributed by atoms with Gasteiger partial charge < -0.3 is 9.47 Å². The zero-order valence-electron chi connectivity index (χ0n) is 28.4. The van der Waals surface area contributed by atoms with Crippen LogP contribution in [0.25, 0.3) is 82.4 Å². The van der Waals surface area contributed by atoms with Crippen molar-refractivity contribution in [1.82, 2.24) is 4.57 Å². The molecule has 0 saturated heterocycles. The van der Waals surface area contributed by atoms with Crippen LogP contribution in [-0.2, 0) is 0 Å². The molecule has 0 N–H and O–H groups in total. The third-order valence-corrected chi connectivity index (χ3v) is 10.8. The van der Waals surface area contributed by atoms with Crippen LogP contribution in [0.4, 0.5) is 17.1 Å². The highest BCUT2D eigenvalue weighted by atomic mass is 15.1. The Kier molecular flexibility index (Phi) is 6.28. The van der Waals surface area contributed by atoms with Gasteiger partial charge in [-0.15, -0.1) is 0 Å². The second kappa shape index (κ2) is 11.3. The van der Waals surface area contributed by atoms with Crippen molar-refractivity contribution < 1.29 is 0 Å². The molecule has 242 valence electrons. The quantitative estimate of drug-likeness (QED) is 0.178. The highest BCUT2D eigenvalue weighted by Crippen LogP contribution is 2.51. The first-order chi connectivity index (χ1) is 25.8. The summed E-state index contributed by atoms with van der Waals surface area (Å²) in [6.45, 7) is 0. The molecule has 0 amide bonds. The lowest BCUT2D eigenvalue weighted by Crippen LogP contribution is -2.11. The number of anilines is 3. The molecule has 9 aromatic carbocycles. The Bertz CT molecular complexity index is 2960. The second-order valence-corrected chi connectivity index (χ2v) is 13.8. The van der Waals surface area contributed by atoms with Gasteiger partial charge in [0, 0.05) is 33.4 Å². The Morgan fingerprint density at radius 2 is 0.846 bits per heavy atom. The Labute approximate surface area is 302 Å². The van der Waals surface area contributed by atoms with Crippen LogP contribution in [0, 0.1) is 0 Å². The number of rotatable bonds is 5. The molecule has 52 heavy (non-hydrogen) atoms. The van der Waals surface area contributed by atoms with E-state index in [0.717, 1.165) is 17.1 Å². The molecule has 2 heteroatoms. The minimum Gasteiger partial charge on any atom is -0.310 e. The SMILES string of the molecule is c1ccc(-c2ccccc2N(c2ccccc2)c2ccc3cc4c(cc3c2)-c2cc3cc(-n5c6ccccc6c6ccccc65)ccc3cc2-4)cc1. The predicted molar refractivity (Wildman–Crippen MR) is 220 cm³/mol. The van der Waals surface area contributed by atoms with Crippen LogP contribution in [-0.4, -0.2) is 4.57 Å². The second-order valence-electron chi connectivity index (χ2n) is 13.8. The number of hydrogen-bond acceptors (Lipinski definition) is 1. The van der Waals surface area contributed by atoms with Gasteiger partial charge in [-0.05, 0) is 128 Å². The summed E-state index contributed by atoms with van der Waals surface area (Å²) in [7, 11) is 0. The number of aromatic nitrogens is 1. The van der Waals surface area contributed by atoms with E-state index in [-0.39, 0.29) is 0 Å². The van der Waals surface area contributed by atoms with Crippen LogP contribution in [0.15, 0.2) is 194 Å². The third-order valence-electron chi connectivity index (χ3n) is 10.8. The van der Waals surface area contributed by atoms with E-state index in [0.29, 0.717) is 0 Å². The van der Waals surface area contributed by atoms with Crippen LogP contribution in [0.1, 0.15) is 0 Å². The zero-order chi connectivity index (χ0) is 34.2. The van der Waals surface area contributed by atoms with E-state index in [1.54, 1.807) is 0 Å². The lowest BCUT2D eigenvalue weighted by molar-refractivity contribution is 1.19. The highest BCUT2D eigenvalue weighted by molar-refractivity contribution is 6.13. The molecule has 0 aliphatic heterocycles. The standard InChI is InChI=1S/C50H32N2/c1-3-13-33(14-4-1)41-17-7-10-20-48(41)51(38-15-5-2-6-16-38)39-25-23-34-29-44-45-30-35-24-26-40(28-37(35)32-47(45)46(44)31-36(34)27-39)52-49-21-11-8-18-42(49)43-19-9-12-22-50(43)52/h1-32H. The molecule has 1 aliphatic carbocycles. The van der Waals surface area contributed by atoms with Crippen LogP contribution in [0.5, 0.6) is 0 Å². The summed E-state index contributed by atoms with van der Waals surface area (Å²) >= 11 is 0. The fraction of sp³-hybridized carbons (Fsp3) is 0. The average molecular weight is 661 g/mol. The Hall–Kier alpha value is -6.90. The van der Waals surface area contributed by atoms with Crippen LogP contribution in [0.3, 0.4) is 0 Å². The molecule has 1 heterocycles. The van der Waals surface area contributed by atoms with Crippen molar-refractivity contribution >= 4 is 60.4 Å². The van der Waals surface area contributed by atoms with Crippen molar-refractivity contribution in [3.63, 3.8) is 0 Å². The first-order valence-corrected chi connectivity index (χ1v) is 17.9. The smallest absolute Gasteiger partial charge is 0.0541 e. The number of fused-ring (bicyclic) bond motifs is 9. The lowest BCUT2D eigenvalue weighted by atomic mass is 9.78. The van der Waals surface area contributed by atoms with Gasteiger partial charge in [-0.1, -0.05) is 115 Å². The Morgan fingerprint density at radius 3 is 1.52 bits per heavy atom. The summed E-state index contributed by atoms with van der Waals surface area (Å²) in [6.07, 6.45) is 0. The molecule has 2 nitrogen and oxygen atoms in total. The summed E-state index contributed by atoms with van der Waals surface area (Å²) in [6, 6.07) is 70.9. The molecule has 0 unspecified atom stereocenters. The molecule has 11 rings (SSSR count). The highest BCUT2D eigenvalue weighted by Gasteiger charge is 2.25. The summed E-state index contributed by atoms with van der Waals surface area (Å²) in [5.74, 6) is 0. The van der Waals surface area contributed by atoms with Crippen LogP contribution in [0.2, 0.25) is 0 Å². The van der Waals surface area contributed by atoms with Crippen molar-refractivity contribution in [3.05, 3.63) is 194 Å². The van der Waals surface area contributed by atoms with E-state index in [2.05, 4.69) is 204 Å². The monoisotopic (exact) mass is 660 g/mol. The summed E-state index contributed by atoms with van der Waals surface area (Å²) in [4.78, 5) is 2.39. The molecule has 0 fully saturated rings. The normalized spacial score (nSPS) is 11.8. The zero-order valence-corrected chi connectivity index (χ0v) is 28.4. The van der Waals surface area contributed by atoms with Gasteiger partial charge in [0.15, 0.2) is 0 Å². The topological polar surface area (TPSA) is 8.17 Å². The predicted octanol–water partition coefficient (Wildman–Crippen LogP) is 13.9. The summed E-state index contributed by atoms with van der Waals surface area (Å²) in [5, 5.41) is 7.57. The molecular weight excluding hydrogens is 629 g/mol. The molecule has 0 spiro atoms. The molecule has 10 aromatic rings. The molecule has 0 bridgehead atoms. The Balaban J connectivity index is 1.03. The summed E-state index contributed by atoms with van der Waals surface area (Å²) in [5.41, 5.74) is 14.8. The number of nitrogens with zero attached hydrogens (tertiary/aromatic N) is 2. The molecule has 1 aliphatic rings. The maximum atomic E-state index is 2.40. The fourth-order valence-electron chi connectivity index (χ4n) is 8.41. The van der Waals surface area contributed by atoms with Gasteiger partial charge in [-0.25, -0.2) is 0 Å². The van der Waals surface area contributed by atoms with Gasteiger partial charge >= 0.3 is 0 Å². The molecule has 0 saturated carbocycles. The van der Waals surface area contributed by atoms with E-state index >= 15 is 0 Å². The van der Waals surface area contributed by atoms with E-state index in [4.69, 9.17) is 0 Å². The maximum absolute atomic E-state index is 2.40. The van der Waals surface area contributed by atoms with Gasteiger partial charge in [0.05, 0.1) is 16.7 Å². The van der Waals surface area contributed by atoms with Gasteiger partial charge in [-0.3, -0.25) is 0 Å². The van der Waals surface area contributed by atoms with Crippen molar-refractivity contribution in [2.45, 2.75) is 0 Å². The van der Waals surface area contributed by atoms with Gasteiger partial charge in [-0.2, -0.15) is 0 Å².